The van der Waals surface area contributed by atoms with Crippen molar-refractivity contribution in [2.75, 3.05) is 17.7 Å². The van der Waals surface area contributed by atoms with Crippen LogP contribution in [0.4, 0.5) is 15.8 Å². The van der Waals surface area contributed by atoms with Crippen molar-refractivity contribution in [1.29, 1.82) is 0 Å². The Balaban J connectivity index is 2.24. The van der Waals surface area contributed by atoms with E-state index in [2.05, 4.69) is 0 Å². The van der Waals surface area contributed by atoms with E-state index in [1.165, 1.54) is 6.07 Å². The zero-order chi connectivity index (χ0) is 12.4. The van der Waals surface area contributed by atoms with Crippen LogP contribution in [-0.4, -0.2) is 7.05 Å². The van der Waals surface area contributed by atoms with Gasteiger partial charge in [0.25, 0.3) is 0 Å². The van der Waals surface area contributed by atoms with E-state index in [9.17, 15) is 4.39 Å². The molecule has 3 nitrogen and oxygen atoms in total. The number of nitrogens with zero attached hydrogens (tertiary/aromatic N) is 1. The first-order valence-electron chi connectivity index (χ1n) is 5.36. The van der Waals surface area contributed by atoms with Gasteiger partial charge in [-0.3, -0.25) is 0 Å². The lowest BCUT2D eigenvalue weighted by Crippen LogP contribution is -2.17. The van der Waals surface area contributed by atoms with E-state index in [1.54, 1.807) is 25.5 Å². The van der Waals surface area contributed by atoms with Gasteiger partial charge in [-0.15, -0.1) is 0 Å². The molecule has 1 aromatic heterocycles. The maximum atomic E-state index is 13.3. The molecule has 17 heavy (non-hydrogen) atoms. The van der Waals surface area contributed by atoms with Gasteiger partial charge in [-0.05, 0) is 30.7 Å². The van der Waals surface area contributed by atoms with Crippen molar-refractivity contribution < 1.29 is 8.81 Å². The van der Waals surface area contributed by atoms with Crippen molar-refractivity contribution in [1.82, 2.24) is 0 Å². The molecule has 0 spiro atoms. The Kier molecular flexibility index (Phi) is 3.04. The zero-order valence-corrected chi connectivity index (χ0v) is 9.90. The fourth-order valence-electron chi connectivity index (χ4n) is 1.75. The summed E-state index contributed by atoms with van der Waals surface area (Å²) < 4.78 is 18.3. The van der Waals surface area contributed by atoms with Crippen LogP contribution < -0.4 is 10.6 Å². The van der Waals surface area contributed by atoms with Gasteiger partial charge in [-0.25, -0.2) is 4.39 Å². The van der Waals surface area contributed by atoms with Crippen molar-refractivity contribution >= 4 is 11.4 Å². The van der Waals surface area contributed by atoms with E-state index in [-0.39, 0.29) is 5.82 Å². The number of halogens is 1. The number of anilines is 2. The quantitative estimate of drug-likeness (QED) is 0.830. The summed E-state index contributed by atoms with van der Waals surface area (Å²) in [7, 11) is 1.91. The summed E-state index contributed by atoms with van der Waals surface area (Å²) in [6.07, 6.45) is 3.31. The van der Waals surface area contributed by atoms with Gasteiger partial charge in [0.2, 0.25) is 0 Å². The van der Waals surface area contributed by atoms with E-state index < -0.39 is 0 Å². The van der Waals surface area contributed by atoms with Crippen molar-refractivity contribution in [3.05, 3.63) is 47.7 Å². The van der Waals surface area contributed by atoms with Crippen LogP contribution in [0.25, 0.3) is 0 Å². The first-order chi connectivity index (χ1) is 8.08. The number of aryl methyl sites for hydroxylation is 1. The highest BCUT2D eigenvalue weighted by Gasteiger charge is 2.09. The van der Waals surface area contributed by atoms with Gasteiger partial charge in [-0.2, -0.15) is 0 Å². The molecule has 2 N–H and O–H groups in total. The van der Waals surface area contributed by atoms with Gasteiger partial charge in [0.05, 0.1) is 23.9 Å². The summed E-state index contributed by atoms with van der Waals surface area (Å²) in [4.78, 5) is 1.96. The fourth-order valence-corrected chi connectivity index (χ4v) is 1.75. The molecular formula is C13H15FN2O. The van der Waals surface area contributed by atoms with Gasteiger partial charge in [0.1, 0.15) is 5.82 Å². The molecule has 4 heteroatoms. The Hall–Kier alpha value is -1.97. The maximum Gasteiger partial charge on any atom is 0.128 e. The van der Waals surface area contributed by atoms with Crippen LogP contribution in [0, 0.1) is 12.7 Å². The molecular weight excluding hydrogens is 219 g/mol. The van der Waals surface area contributed by atoms with Crippen LogP contribution in [0.5, 0.6) is 0 Å². The van der Waals surface area contributed by atoms with E-state index in [0.29, 0.717) is 17.8 Å². The number of furan rings is 1. The van der Waals surface area contributed by atoms with E-state index in [1.807, 2.05) is 18.0 Å². The molecule has 2 rings (SSSR count). The summed E-state index contributed by atoms with van der Waals surface area (Å²) in [6.45, 7) is 2.40. The normalized spacial score (nSPS) is 10.5. The van der Waals surface area contributed by atoms with Crippen molar-refractivity contribution in [2.45, 2.75) is 13.5 Å². The standard InChI is InChI=1S/C13H15FN2O/c1-9-5-13(12(15)6-11(9)14)16(2)7-10-3-4-17-8-10/h3-6,8H,7,15H2,1-2H3. The monoisotopic (exact) mass is 234 g/mol. The van der Waals surface area contributed by atoms with Gasteiger partial charge >= 0.3 is 0 Å². The molecule has 0 atom stereocenters. The molecule has 1 aromatic carbocycles. The first-order valence-corrected chi connectivity index (χ1v) is 5.36. The van der Waals surface area contributed by atoms with Crippen LogP contribution in [0.1, 0.15) is 11.1 Å². The van der Waals surface area contributed by atoms with Gasteiger partial charge in [0.15, 0.2) is 0 Å². The molecule has 0 saturated carbocycles. The Morgan fingerprint density at radius 2 is 2.18 bits per heavy atom. The van der Waals surface area contributed by atoms with Crippen molar-refractivity contribution in [3.63, 3.8) is 0 Å². The molecule has 0 saturated heterocycles. The highest BCUT2D eigenvalue weighted by molar-refractivity contribution is 5.68. The van der Waals surface area contributed by atoms with Crippen LogP contribution >= 0.6 is 0 Å². The molecule has 0 aliphatic carbocycles. The number of nitrogens with two attached hydrogens (primary N) is 1. The summed E-state index contributed by atoms with van der Waals surface area (Å²) in [6, 6.07) is 5.00. The second kappa shape index (κ2) is 4.49. The smallest absolute Gasteiger partial charge is 0.128 e. The van der Waals surface area contributed by atoms with Gasteiger partial charge in [0, 0.05) is 19.2 Å². The van der Waals surface area contributed by atoms with Crippen LogP contribution in [0.15, 0.2) is 35.1 Å². The molecule has 2 aromatic rings. The molecule has 0 fully saturated rings. The molecule has 0 amide bonds. The molecule has 1 heterocycles. The third-order valence-electron chi connectivity index (χ3n) is 2.72. The minimum atomic E-state index is -0.275. The Morgan fingerprint density at radius 3 is 2.82 bits per heavy atom. The lowest BCUT2D eigenvalue weighted by atomic mass is 10.1. The van der Waals surface area contributed by atoms with Crippen LogP contribution in [0.3, 0.4) is 0 Å². The summed E-state index contributed by atoms with van der Waals surface area (Å²) in [5.74, 6) is -0.275. The number of benzene rings is 1. The van der Waals surface area contributed by atoms with Crippen LogP contribution in [-0.2, 0) is 6.54 Å². The average Bonchev–Trinajstić information content (AvgIpc) is 2.76. The third-order valence-corrected chi connectivity index (χ3v) is 2.72. The minimum Gasteiger partial charge on any atom is -0.472 e. The predicted octanol–water partition coefficient (Wildman–Crippen LogP) is 2.95. The first kappa shape index (κ1) is 11.5. The predicted molar refractivity (Wildman–Crippen MR) is 66.4 cm³/mol. The van der Waals surface area contributed by atoms with E-state index in [0.717, 1.165) is 11.3 Å². The van der Waals surface area contributed by atoms with Crippen molar-refractivity contribution in [2.24, 2.45) is 0 Å². The number of hydrogen-bond acceptors (Lipinski definition) is 3. The number of rotatable bonds is 3. The second-order valence-electron chi connectivity index (χ2n) is 4.15. The number of nitrogen functional groups attached to an aromatic ring is 1. The molecule has 90 valence electrons. The lowest BCUT2D eigenvalue weighted by molar-refractivity contribution is 0.563. The van der Waals surface area contributed by atoms with E-state index >= 15 is 0 Å². The Morgan fingerprint density at radius 1 is 1.41 bits per heavy atom. The van der Waals surface area contributed by atoms with E-state index in [4.69, 9.17) is 10.2 Å². The highest BCUT2D eigenvalue weighted by Crippen LogP contribution is 2.26. The Labute approximate surface area is 99.6 Å². The van der Waals surface area contributed by atoms with Crippen molar-refractivity contribution in [3.8, 4) is 0 Å². The lowest BCUT2D eigenvalue weighted by Gasteiger charge is -2.21. The minimum absolute atomic E-state index is 0.275. The largest absolute Gasteiger partial charge is 0.472 e. The highest BCUT2D eigenvalue weighted by atomic mass is 19.1. The summed E-state index contributed by atoms with van der Waals surface area (Å²) in [5, 5.41) is 0. The molecule has 0 radical (unpaired) electrons. The number of hydrogen-bond donors (Lipinski definition) is 1. The fraction of sp³-hybridized carbons (Fsp3) is 0.231. The summed E-state index contributed by atoms with van der Waals surface area (Å²) >= 11 is 0. The van der Waals surface area contributed by atoms with Crippen LogP contribution in [0.2, 0.25) is 0 Å². The molecule has 0 bridgehead atoms. The van der Waals surface area contributed by atoms with Gasteiger partial charge in [-0.1, -0.05) is 0 Å². The summed E-state index contributed by atoms with van der Waals surface area (Å²) in [5.41, 5.74) is 8.72. The molecule has 0 unspecified atom stereocenters. The molecule has 0 aliphatic heterocycles. The average molecular weight is 234 g/mol. The zero-order valence-electron chi connectivity index (χ0n) is 9.90. The topological polar surface area (TPSA) is 42.4 Å². The third kappa shape index (κ3) is 2.41. The SMILES string of the molecule is Cc1cc(N(C)Cc2ccoc2)c(N)cc1F. The van der Waals surface area contributed by atoms with Gasteiger partial charge < -0.3 is 15.1 Å². The second-order valence-corrected chi connectivity index (χ2v) is 4.15. The maximum absolute atomic E-state index is 13.3. The molecule has 0 aliphatic rings. The Bertz CT molecular complexity index is 508.